The maximum atomic E-state index is 12.2. The van der Waals surface area contributed by atoms with E-state index in [4.69, 9.17) is 5.11 Å². The molecule has 0 radical (unpaired) electrons. The summed E-state index contributed by atoms with van der Waals surface area (Å²) in [6, 6.07) is 5.13. The molecule has 0 saturated heterocycles. The lowest BCUT2D eigenvalue weighted by molar-refractivity contribution is -0.131. The van der Waals surface area contributed by atoms with Gasteiger partial charge in [0.1, 0.15) is 5.01 Å². The molecule has 0 aliphatic heterocycles. The second-order valence-electron chi connectivity index (χ2n) is 4.27. The number of aromatic nitrogens is 2. The van der Waals surface area contributed by atoms with Crippen molar-refractivity contribution in [1.82, 2.24) is 10.2 Å². The summed E-state index contributed by atoms with van der Waals surface area (Å²) in [5.41, 5.74) is 1.85. The van der Waals surface area contributed by atoms with Gasteiger partial charge in [0.05, 0.1) is 0 Å². The minimum atomic E-state index is -1.03. The standard InChI is InChI=1S/C14H13N3O3S/c1-8-10(6-7-12(18)19)4-3-5-11(8)13(20)15-14-17-16-9(2)21-14/h3-7H,1-2H3,(H,18,19)(H,15,17,20)/b7-6+. The predicted octanol–water partition coefficient (Wildman–Crippen LogP) is 2.51. The molecule has 0 aliphatic rings. The SMILES string of the molecule is Cc1nnc(NC(=O)c2cccc(/C=C/C(=O)O)c2C)s1. The first-order valence-corrected chi connectivity index (χ1v) is 6.91. The molecule has 0 saturated carbocycles. The zero-order valence-electron chi connectivity index (χ0n) is 11.5. The molecule has 0 spiro atoms. The quantitative estimate of drug-likeness (QED) is 0.847. The molecule has 7 heteroatoms. The number of benzene rings is 1. The molecule has 2 rings (SSSR count). The van der Waals surface area contributed by atoms with E-state index in [9.17, 15) is 9.59 Å². The van der Waals surface area contributed by atoms with Crippen LogP contribution in [-0.2, 0) is 4.79 Å². The Hall–Kier alpha value is -2.54. The third-order valence-electron chi connectivity index (χ3n) is 2.77. The summed E-state index contributed by atoms with van der Waals surface area (Å²) in [6.07, 6.45) is 2.50. The Morgan fingerprint density at radius 3 is 2.67 bits per heavy atom. The van der Waals surface area contributed by atoms with Gasteiger partial charge in [-0.2, -0.15) is 0 Å². The number of nitrogens with zero attached hydrogens (tertiary/aromatic N) is 2. The van der Waals surface area contributed by atoms with Crippen LogP contribution in [0.2, 0.25) is 0 Å². The Morgan fingerprint density at radius 2 is 2.05 bits per heavy atom. The lowest BCUT2D eigenvalue weighted by atomic mass is 10.0. The lowest BCUT2D eigenvalue weighted by Gasteiger charge is -2.07. The average Bonchev–Trinajstić information content (AvgIpc) is 2.82. The molecule has 2 N–H and O–H groups in total. The topological polar surface area (TPSA) is 92.2 Å². The fourth-order valence-electron chi connectivity index (χ4n) is 1.75. The van der Waals surface area contributed by atoms with Crippen LogP contribution in [0.4, 0.5) is 5.13 Å². The molecule has 1 aromatic carbocycles. The van der Waals surface area contributed by atoms with E-state index >= 15 is 0 Å². The molecule has 1 amide bonds. The number of anilines is 1. The fraction of sp³-hybridized carbons (Fsp3) is 0.143. The van der Waals surface area contributed by atoms with Gasteiger partial charge in [0.2, 0.25) is 5.13 Å². The summed E-state index contributed by atoms with van der Waals surface area (Å²) in [6.45, 7) is 3.57. The van der Waals surface area contributed by atoms with Crippen molar-refractivity contribution in [2.75, 3.05) is 5.32 Å². The number of carboxylic acid groups (broad SMARTS) is 1. The third kappa shape index (κ3) is 3.73. The van der Waals surface area contributed by atoms with Gasteiger partial charge in [0.25, 0.3) is 5.91 Å². The van der Waals surface area contributed by atoms with Crippen molar-refractivity contribution >= 4 is 34.4 Å². The highest BCUT2D eigenvalue weighted by molar-refractivity contribution is 7.15. The molecular weight excluding hydrogens is 290 g/mol. The van der Waals surface area contributed by atoms with E-state index in [2.05, 4.69) is 15.5 Å². The van der Waals surface area contributed by atoms with Crippen LogP contribution in [0.1, 0.15) is 26.5 Å². The summed E-state index contributed by atoms with van der Waals surface area (Å²) < 4.78 is 0. The summed E-state index contributed by atoms with van der Waals surface area (Å²) >= 11 is 1.29. The molecule has 0 bridgehead atoms. The molecule has 0 unspecified atom stereocenters. The zero-order chi connectivity index (χ0) is 15.4. The molecule has 108 valence electrons. The number of carbonyl (C=O) groups excluding carboxylic acids is 1. The van der Waals surface area contributed by atoms with Gasteiger partial charge in [-0.25, -0.2) is 4.79 Å². The van der Waals surface area contributed by atoms with Gasteiger partial charge in [-0.15, -0.1) is 10.2 Å². The van der Waals surface area contributed by atoms with Crippen molar-refractivity contribution < 1.29 is 14.7 Å². The van der Waals surface area contributed by atoms with E-state index in [1.54, 1.807) is 32.0 Å². The van der Waals surface area contributed by atoms with Crippen molar-refractivity contribution in [3.63, 3.8) is 0 Å². The van der Waals surface area contributed by atoms with Gasteiger partial charge < -0.3 is 5.11 Å². The summed E-state index contributed by atoms with van der Waals surface area (Å²) in [5.74, 6) is -1.33. The molecule has 2 aromatic rings. The zero-order valence-corrected chi connectivity index (χ0v) is 12.3. The summed E-state index contributed by atoms with van der Waals surface area (Å²) in [5, 5.41) is 20.2. The van der Waals surface area contributed by atoms with Crippen LogP contribution in [0.3, 0.4) is 0 Å². The van der Waals surface area contributed by atoms with Crippen molar-refractivity contribution in [2.45, 2.75) is 13.8 Å². The Bertz CT molecular complexity index is 722. The predicted molar refractivity (Wildman–Crippen MR) is 80.4 cm³/mol. The highest BCUT2D eigenvalue weighted by atomic mass is 32.1. The largest absolute Gasteiger partial charge is 0.478 e. The van der Waals surface area contributed by atoms with Gasteiger partial charge in [-0.05, 0) is 37.1 Å². The highest BCUT2D eigenvalue weighted by Gasteiger charge is 2.13. The monoisotopic (exact) mass is 303 g/mol. The number of hydrogen-bond donors (Lipinski definition) is 2. The van der Waals surface area contributed by atoms with E-state index < -0.39 is 5.97 Å². The Labute approximate surface area is 125 Å². The molecule has 0 fully saturated rings. The molecular formula is C14H13N3O3S. The lowest BCUT2D eigenvalue weighted by Crippen LogP contribution is -2.13. The molecule has 0 atom stereocenters. The fourth-order valence-corrected chi connectivity index (χ4v) is 2.34. The minimum absolute atomic E-state index is 0.297. The Morgan fingerprint density at radius 1 is 1.29 bits per heavy atom. The number of rotatable bonds is 4. The van der Waals surface area contributed by atoms with Crippen LogP contribution in [0, 0.1) is 13.8 Å². The van der Waals surface area contributed by atoms with E-state index in [1.165, 1.54) is 17.4 Å². The van der Waals surface area contributed by atoms with Crippen LogP contribution in [-0.4, -0.2) is 27.2 Å². The van der Waals surface area contributed by atoms with Crippen LogP contribution in [0.25, 0.3) is 6.08 Å². The van der Waals surface area contributed by atoms with E-state index in [1.807, 2.05) is 0 Å². The number of carboxylic acids is 1. The summed E-state index contributed by atoms with van der Waals surface area (Å²) in [7, 11) is 0. The van der Waals surface area contributed by atoms with Crippen molar-refractivity contribution in [1.29, 1.82) is 0 Å². The number of aryl methyl sites for hydroxylation is 1. The maximum absolute atomic E-state index is 12.2. The first-order chi connectivity index (χ1) is 9.97. The van der Waals surface area contributed by atoms with E-state index in [0.29, 0.717) is 21.8 Å². The normalized spacial score (nSPS) is 10.8. The first-order valence-electron chi connectivity index (χ1n) is 6.09. The minimum Gasteiger partial charge on any atom is -0.478 e. The number of aliphatic carboxylic acids is 1. The molecule has 0 aliphatic carbocycles. The van der Waals surface area contributed by atoms with E-state index in [-0.39, 0.29) is 5.91 Å². The van der Waals surface area contributed by atoms with Crippen molar-refractivity contribution in [3.8, 4) is 0 Å². The van der Waals surface area contributed by atoms with Gasteiger partial charge in [0, 0.05) is 11.6 Å². The molecule has 21 heavy (non-hydrogen) atoms. The smallest absolute Gasteiger partial charge is 0.328 e. The van der Waals surface area contributed by atoms with Crippen LogP contribution in [0.5, 0.6) is 0 Å². The maximum Gasteiger partial charge on any atom is 0.328 e. The number of amides is 1. The van der Waals surface area contributed by atoms with Gasteiger partial charge in [0.15, 0.2) is 0 Å². The van der Waals surface area contributed by atoms with Crippen molar-refractivity contribution in [2.24, 2.45) is 0 Å². The van der Waals surface area contributed by atoms with Crippen LogP contribution >= 0.6 is 11.3 Å². The second kappa shape index (κ2) is 6.27. The van der Waals surface area contributed by atoms with Gasteiger partial charge in [-0.3, -0.25) is 10.1 Å². The van der Waals surface area contributed by atoms with Crippen molar-refractivity contribution in [3.05, 3.63) is 46.0 Å². The molecule has 1 aromatic heterocycles. The van der Waals surface area contributed by atoms with Crippen LogP contribution < -0.4 is 5.32 Å². The number of nitrogens with one attached hydrogen (secondary N) is 1. The number of carbonyl (C=O) groups is 2. The van der Waals surface area contributed by atoms with Crippen LogP contribution in [0.15, 0.2) is 24.3 Å². The highest BCUT2D eigenvalue weighted by Crippen LogP contribution is 2.19. The average molecular weight is 303 g/mol. The number of hydrogen-bond acceptors (Lipinski definition) is 5. The van der Waals surface area contributed by atoms with Gasteiger partial charge >= 0.3 is 5.97 Å². The second-order valence-corrected chi connectivity index (χ2v) is 5.45. The van der Waals surface area contributed by atoms with E-state index in [0.717, 1.165) is 11.1 Å². The van der Waals surface area contributed by atoms with Gasteiger partial charge in [-0.1, -0.05) is 23.5 Å². The summed E-state index contributed by atoms with van der Waals surface area (Å²) in [4.78, 5) is 22.8. The Kier molecular flexibility index (Phi) is 4.44. The molecule has 6 nitrogen and oxygen atoms in total. The Balaban J connectivity index is 2.25. The third-order valence-corrected chi connectivity index (χ3v) is 3.53. The molecule has 1 heterocycles. The first kappa shape index (κ1) is 14.9.